The van der Waals surface area contributed by atoms with Crippen LogP contribution in [0, 0.1) is 0 Å². The first kappa shape index (κ1) is 7.52. The Hall–Kier alpha value is -1.48. The van der Waals surface area contributed by atoms with Gasteiger partial charge in [-0.05, 0) is 12.5 Å². The average molecular weight is 126 g/mol. The van der Waals surface area contributed by atoms with Crippen molar-refractivity contribution in [1.29, 1.82) is 0 Å². The fourth-order valence-corrected chi connectivity index (χ4v) is 0.176. The third-order valence-electron chi connectivity index (χ3n) is 0.692. The molecule has 9 heavy (non-hydrogen) atoms. The van der Waals surface area contributed by atoms with Crippen LogP contribution in [0.15, 0.2) is 16.9 Å². The van der Waals surface area contributed by atoms with E-state index in [4.69, 9.17) is 11.3 Å². The highest BCUT2D eigenvalue weighted by Crippen LogP contribution is 1.89. The summed E-state index contributed by atoms with van der Waals surface area (Å²) in [4.78, 5) is 12.6. The van der Waals surface area contributed by atoms with Crippen molar-refractivity contribution in [2.24, 2.45) is 10.8 Å². The van der Waals surface area contributed by atoms with Gasteiger partial charge in [0.05, 0.1) is 0 Å². The second-order valence-corrected chi connectivity index (χ2v) is 1.38. The van der Waals surface area contributed by atoms with Gasteiger partial charge >= 0.3 is 0 Å². The van der Waals surface area contributed by atoms with Gasteiger partial charge in [0, 0.05) is 16.7 Å². The van der Waals surface area contributed by atoms with Crippen LogP contribution in [0.25, 0.3) is 10.4 Å². The first-order chi connectivity index (χ1) is 4.18. The number of azide groups is 1. The molecule has 0 rings (SSSR count). The number of primary amides is 1. The summed E-state index contributed by atoms with van der Waals surface area (Å²) in [6.45, 7) is 1.47. The van der Waals surface area contributed by atoms with Gasteiger partial charge in [-0.25, -0.2) is 0 Å². The largest absolute Gasteiger partial charge is 0.366 e. The molecule has 0 bridgehead atoms. The van der Waals surface area contributed by atoms with Gasteiger partial charge in [0.15, 0.2) is 0 Å². The van der Waals surface area contributed by atoms with Crippen molar-refractivity contribution in [3.05, 3.63) is 22.2 Å². The minimum absolute atomic E-state index is 0.243. The van der Waals surface area contributed by atoms with Crippen molar-refractivity contribution >= 4 is 5.91 Å². The van der Waals surface area contributed by atoms with Crippen LogP contribution in [0.2, 0.25) is 0 Å². The zero-order chi connectivity index (χ0) is 7.28. The van der Waals surface area contributed by atoms with Crippen molar-refractivity contribution in [3.63, 3.8) is 0 Å². The van der Waals surface area contributed by atoms with E-state index in [-0.39, 0.29) is 5.57 Å². The molecule has 0 aromatic heterocycles. The van der Waals surface area contributed by atoms with Crippen LogP contribution in [-0.4, -0.2) is 5.91 Å². The highest BCUT2D eigenvalue weighted by Gasteiger charge is 1.92. The predicted octanol–water partition coefficient (Wildman–Crippen LogP) is 0.686. The maximum absolute atomic E-state index is 10.2. The van der Waals surface area contributed by atoms with Gasteiger partial charge in [0.2, 0.25) is 5.91 Å². The molecular weight excluding hydrogens is 120 g/mol. The van der Waals surface area contributed by atoms with E-state index in [1.54, 1.807) is 0 Å². The standard InChI is InChI=1S/C4H6N4O/c1-3(4(5)9)2-7-8-6/h2H,1H3,(H2,5,9)/b3-2+. The molecular formula is C4H6N4O. The van der Waals surface area contributed by atoms with Crippen molar-refractivity contribution in [1.82, 2.24) is 0 Å². The van der Waals surface area contributed by atoms with E-state index in [0.717, 1.165) is 6.20 Å². The highest BCUT2D eigenvalue weighted by molar-refractivity contribution is 5.91. The Bertz CT molecular complexity index is 189. The van der Waals surface area contributed by atoms with Crippen LogP contribution < -0.4 is 5.73 Å². The van der Waals surface area contributed by atoms with Gasteiger partial charge in [0.25, 0.3) is 0 Å². The maximum atomic E-state index is 10.2. The van der Waals surface area contributed by atoms with E-state index in [1.165, 1.54) is 6.92 Å². The van der Waals surface area contributed by atoms with E-state index < -0.39 is 5.91 Å². The Labute approximate surface area is 51.8 Å². The molecule has 2 N–H and O–H groups in total. The summed E-state index contributed by atoms with van der Waals surface area (Å²) in [5.74, 6) is -0.581. The molecule has 5 nitrogen and oxygen atoms in total. The van der Waals surface area contributed by atoms with E-state index >= 15 is 0 Å². The van der Waals surface area contributed by atoms with Gasteiger partial charge in [-0.15, -0.1) is 0 Å². The minimum Gasteiger partial charge on any atom is -0.366 e. The first-order valence-electron chi connectivity index (χ1n) is 2.19. The second-order valence-electron chi connectivity index (χ2n) is 1.38. The number of amides is 1. The quantitative estimate of drug-likeness (QED) is 0.250. The van der Waals surface area contributed by atoms with Crippen molar-refractivity contribution in [3.8, 4) is 0 Å². The maximum Gasteiger partial charge on any atom is 0.244 e. The summed E-state index contributed by atoms with van der Waals surface area (Å²) in [5, 5.41) is 3.01. The fourth-order valence-electron chi connectivity index (χ4n) is 0.176. The summed E-state index contributed by atoms with van der Waals surface area (Å²) >= 11 is 0. The average Bonchev–Trinajstić information content (AvgIpc) is 1.82. The number of carbonyl (C=O) groups is 1. The molecule has 0 fully saturated rings. The lowest BCUT2D eigenvalue weighted by atomic mass is 10.3. The van der Waals surface area contributed by atoms with Gasteiger partial charge in [-0.2, -0.15) is 0 Å². The summed E-state index contributed by atoms with van der Waals surface area (Å²) < 4.78 is 0. The number of hydrogen-bond donors (Lipinski definition) is 1. The highest BCUT2D eigenvalue weighted by atomic mass is 16.1. The molecule has 0 unspecified atom stereocenters. The molecule has 48 valence electrons. The summed E-state index contributed by atoms with van der Waals surface area (Å²) in [7, 11) is 0. The van der Waals surface area contributed by atoms with Crippen molar-refractivity contribution in [2.75, 3.05) is 0 Å². The van der Waals surface area contributed by atoms with Crippen LogP contribution in [0.4, 0.5) is 0 Å². The van der Waals surface area contributed by atoms with Gasteiger partial charge in [0.1, 0.15) is 0 Å². The summed E-state index contributed by atoms with van der Waals surface area (Å²) in [6.07, 6.45) is 1.07. The Morgan fingerprint density at radius 3 is 2.78 bits per heavy atom. The molecule has 0 spiro atoms. The number of hydrogen-bond acceptors (Lipinski definition) is 2. The van der Waals surface area contributed by atoms with Crippen molar-refractivity contribution in [2.45, 2.75) is 6.92 Å². The lowest BCUT2D eigenvalue weighted by Gasteiger charge is -1.85. The Kier molecular flexibility index (Phi) is 2.94. The van der Waals surface area contributed by atoms with E-state index in [9.17, 15) is 4.79 Å². The molecule has 0 atom stereocenters. The molecule has 0 aromatic carbocycles. The minimum atomic E-state index is -0.581. The Morgan fingerprint density at radius 2 is 2.44 bits per heavy atom. The predicted molar refractivity (Wildman–Crippen MR) is 32.1 cm³/mol. The smallest absolute Gasteiger partial charge is 0.244 e. The molecule has 0 aliphatic heterocycles. The van der Waals surface area contributed by atoms with Gasteiger partial charge < -0.3 is 5.73 Å². The van der Waals surface area contributed by atoms with Crippen LogP contribution in [0.1, 0.15) is 6.92 Å². The van der Waals surface area contributed by atoms with Crippen LogP contribution in [-0.2, 0) is 4.79 Å². The summed E-state index contributed by atoms with van der Waals surface area (Å²) in [6, 6.07) is 0. The van der Waals surface area contributed by atoms with Gasteiger partial charge in [-0.3, -0.25) is 4.79 Å². The normalized spacial score (nSPS) is 10.1. The molecule has 5 heteroatoms. The molecule has 0 saturated carbocycles. The fraction of sp³-hybridized carbons (Fsp3) is 0.250. The number of rotatable bonds is 2. The number of nitrogens with zero attached hydrogens (tertiary/aromatic N) is 3. The third-order valence-corrected chi connectivity index (χ3v) is 0.692. The van der Waals surface area contributed by atoms with Crippen LogP contribution >= 0.6 is 0 Å². The number of carbonyl (C=O) groups excluding carboxylic acids is 1. The Balaban J connectivity index is 4.16. The van der Waals surface area contributed by atoms with E-state index in [0.29, 0.717) is 0 Å². The molecule has 0 aliphatic carbocycles. The first-order valence-corrected chi connectivity index (χ1v) is 2.19. The second kappa shape index (κ2) is 3.51. The zero-order valence-electron chi connectivity index (χ0n) is 4.90. The van der Waals surface area contributed by atoms with E-state index in [1.807, 2.05) is 0 Å². The van der Waals surface area contributed by atoms with Crippen LogP contribution in [0.3, 0.4) is 0 Å². The zero-order valence-corrected chi connectivity index (χ0v) is 4.90. The number of nitrogens with two attached hydrogens (primary N) is 1. The van der Waals surface area contributed by atoms with Crippen molar-refractivity contribution < 1.29 is 4.79 Å². The molecule has 0 heterocycles. The molecule has 0 saturated heterocycles. The lowest BCUT2D eigenvalue weighted by molar-refractivity contribution is -0.114. The lowest BCUT2D eigenvalue weighted by Crippen LogP contribution is -2.10. The summed E-state index contributed by atoms with van der Waals surface area (Å²) in [5.41, 5.74) is 12.8. The molecule has 1 amide bonds. The monoisotopic (exact) mass is 126 g/mol. The van der Waals surface area contributed by atoms with Crippen LogP contribution in [0.5, 0.6) is 0 Å². The SMILES string of the molecule is C/C(=C\N=[N+]=[N-])C(N)=O. The molecule has 0 aromatic rings. The van der Waals surface area contributed by atoms with Gasteiger partial charge in [-0.1, -0.05) is 5.11 Å². The molecule has 0 radical (unpaired) electrons. The third kappa shape index (κ3) is 3.13. The topological polar surface area (TPSA) is 91.8 Å². The Morgan fingerprint density at radius 1 is 1.89 bits per heavy atom. The molecule has 0 aliphatic rings. The van der Waals surface area contributed by atoms with E-state index in [2.05, 4.69) is 10.0 Å².